The molecule has 0 bridgehead atoms. The van der Waals surface area contributed by atoms with Crippen LogP contribution in [0.5, 0.6) is 0 Å². The van der Waals surface area contributed by atoms with Crippen molar-refractivity contribution in [3.8, 4) is 0 Å². The van der Waals surface area contributed by atoms with Crippen LogP contribution in [-0.4, -0.2) is 0 Å². The van der Waals surface area contributed by atoms with Crippen LogP contribution in [0.25, 0.3) is 0 Å². The molecule has 0 aromatic carbocycles. The van der Waals surface area contributed by atoms with Gasteiger partial charge < -0.3 is 0 Å². The van der Waals surface area contributed by atoms with E-state index in [-0.39, 0.29) is 0 Å². The van der Waals surface area contributed by atoms with E-state index in [1.165, 1.54) is 16.7 Å². The van der Waals surface area contributed by atoms with Gasteiger partial charge >= 0.3 is 0 Å². The molecule has 0 aliphatic carbocycles. The van der Waals surface area contributed by atoms with Gasteiger partial charge in [-0.15, -0.1) is 5.73 Å². The van der Waals surface area contributed by atoms with Crippen LogP contribution in [0.4, 0.5) is 0 Å². The minimum absolute atomic E-state index is 0.990. The highest BCUT2D eigenvalue weighted by molar-refractivity contribution is 5.31. The van der Waals surface area contributed by atoms with Crippen molar-refractivity contribution in [2.24, 2.45) is 0 Å². The van der Waals surface area contributed by atoms with E-state index in [1.807, 2.05) is 13.0 Å². The lowest BCUT2D eigenvalue weighted by Crippen LogP contribution is -1.82. The molecule has 0 amide bonds. The zero-order chi connectivity index (χ0) is 11.8. The van der Waals surface area contributed by atoms with Crippen LogP contribution in [0.1, 0.15) is 40.5 Å². The number of allylic oxidation sites excluding steroid dienone is 5. The van der Waals surface area contributed by atoms with E-state index in [2.05, 4.69) is 45.7 Å². The highest BCUT2D eigenvalue weighted by Gasteiger charge is 1.95. The molecule has 0 N–H and O–H groups in total. The predicted molar refractivity (Wildman–Crippen MR) is 69.9 cm³/mol. The molecule has 0 aromatic rings. The van der Waals surface area contributed by atoms with Crippen molar-refractivity contribution in [1.29, 1.82) is 0 Å². The molecule has 0 heteroatoms. The van der Waals surface area contributed by atoms with E-state index >= 15 is 0 Å². The van der Waals surface area contributed by atoms with Gasteiger partial charge in [-0.25, -0.2) is 0 Å². The second-order valence-corrected chi connectivity index (χ2v) is 3.81. The van der Waals surface area contributed by atoms with Crippen LogP contribution in [0.2, 0.25) is 0 Å². The molecule has 15 heavy (non-hydrogen) atoms. The van der Waals surface area contributed by atoms with Gasteiger partial charge in [0.25, 0.3) is 0 Å². The molecule has 82 valence electrons. The van der Waals surface area contributed by atoms with E-state index in [1.54, 1.807) is 0 Å². The minimum Gasteiger partial charge on any atom is -0.117 e. The number of hydrogen-bond donors (Lipinski definition) is 0. The maximum Gasteiger partial charge on any atom is -0.00370 e. The molecule has 0 heterocycles. The van der Waals surface area contributed by atoms with Crippen molar-refractivity contribution in [3.63, 3.8) is 0 Å². The molecule has 0 rings (SSSR count). The third-order valence-corrected chi connectivity index (χ3v) is 2.16. The van der Waals surface area contributed by atoms with E-state index in [9.17, 15) is 0 Å². The van der Waals surface area contributed by atoms with Crippen LogP contribution in [0.3, 0.4) is 0 Å². The largest absolute Gasteiger partial charge is 0.117 e. The normalized spacial score (nSPS) is 10.5. The summed E-state index contributed by atoms with van der Waals surface area (Å²) in [4.78, 5) is 0. The summed E-state index contributed by atoms with van der Waals surface area (Å²) in [5.74, 6) is 0. The fourth-order valence-electron chi connectivity index (χ4n) is 1.30. The molecule has 0 nitrogen and oxygen atoms in total. The van der Waals surface area contributed by atoms with Crippen molar-refractivity contribution in [2.75, 3.05) is 0 Å². The van der Waals surface area contributed by atoms with E-state index in [4.69, 9.17) is 0 Å². The highest BCUT2D eigenvalue weighted by atomic mass is 14.0. The molecule has 0 saturated heterocycles. The van der Waals surface area contributed by atoms with Crippen LogP contribution in [-0.2, 0) is 0 Å². The van der Waals surface area contributed by atoms with Gasteiger partial charge in [0, 0.05) is 0 Å². The van der Waals surface area contributed by atoms with Crippen molar-refractivity contribution in [3.05, 3.63) is 53.3 Å². The van der Waals surface area contributed by atoms with E-state index in [0.29, 0.717) is 0 Å². The standard InChI is InChI=1S/C15H22/c1-7-14(6)15(8-2)10-9-13(5)11-12(3)4/h9,11H,3,6-8H2,1-2,4-5H3. The summed E-state index contributed by atoms with van der Waals surface area (Å²) in [6.07, 6.45) is 6.04. The van der Waals surface area contributed by atoms with E-state index < -0.39 is 0 Å². The molecule has 0 saturated carbocycles. The summed E-state index contributed by atoms with van der Waals surface area (Å²) >= 11 is 0. The van der Waals surface area contributed by atoms with Crippen molar-refractivity contribution in [2.45, 2.75) is 40.5 Å². The number of rotatable bonds is 5. The Kier molecular flexibility index (Phi) is 6.49. The molecular formula is C15H22. The summed E-state index contributed by atoms with van der Waals surface area (Å²) in [5, 5.41) is 0. The summed E-state index contributed by atoms with van der Waals surface area (Å²) < 4.78 is 0. The molecule has 0 aliphatic rings. The van der Waals surface area contributed by atoms with Gasteiger partial charge in [0.05, 0.1) is 0 Å². The first-order chi connectivity index (χ1) is 7.01. The van der Waals surface area contributed by atoms with Crippen molar-refractivity contribution < 1.29 is 0 Å². The lowest BCUT2D eigenvalue weighted by Gasteiger charge is -2.01. The first-order valence-corrected chi connectivity index (χ1v) is 5.48. The predicted octanol–water partition coefficient (Wildman–Crippen LogP) is 4.97. The van der Waals surface area contributed by atoms with Crippen LogP contribution in [0, 0.1) is 0 Å². The average molecular weight is 202 g/mol. The molecule has 0 radical (unpaired) electrons. The van der Waals surface area contributed by atoms with Crippen LogP contribution < -0.4 is 0 Å². The molecule has 0 spiro atoms. The average Bonchev–Trinajstić information content (AvgIpc) is 2.17. The Bertz CT molecular complexity index is 331. The topological polar surface area (TPSA) is 0 Å². The molecule has 0 fully saturated rings. The van der Waals surface area contributed by atoms with Gasteiger partial charge in [-0.2, -0.15) is 0 Å². The molecule has 0 aromatic heterocycles. The second-order valence-electron chi connectivity index (χ2n) is 3.81. The minimum atomic E-state index is 0.990. The third-order valence-electron chi connectivity index (χ3n) is 2.16. The first kappa shape index (κ1) is 13.7. The van der Waals surface area contributed by atoms with Gasteiger partial charge in [-0.3, -0.25) is 0 Å². The molecule has 0 aliphatic heterocycles. The highest BCUT2D eigenvalue weighted by Crippen LogP contribution is 2.14. The van der Waals surface area contributed by atoms with Gasteiger partial charge in [0.2, 0.25) is 0 Å². The first-order valence-electron chi connectivity index (χ1n) is 5.48. The maximum atomic E-state index is 4.03. The lowest BCUT2D eigenvalue weighted by molar-refractivity contribution is 1.03. The number of hydrogen-bond acceptors (Lipinski definition) is 0. The SMILES string of the molecule is C=C(C)C=C(C)C=C=C(CC)C(=C)CC. The van der Waals surface area contributed by atoms with Gasteiger partial charge in [-0.1, -0.05) is 38.7 Å². The van der Waals surface area contributed by atoms with Crippen molar-refractivity contribution >= 4 is 0 Å². The monoisotopic (exact) mass is 202 g/mol. The van der Waals surface area contributed by atoms with Gasteiger partial charge in [0.1, 0.15) is 0 Å². The molecule has 0 atom stereocenters. The van der Waals surface area contributed by atoms with Crippen LogP contribution >= 0.6 is 0 Å². The van der Waals surface area contributed by atoms with Gasteiger partial charge in [-0.05, 0) is 49.5 Å². The van der Waals surface area contributed by atoms with Gasteiger partial charge in [0.15, 0.2) is 0 Å². The van der Waals surface area contributed by atoms with Crippen molar-refractivity contribution in [1.82, 2.24) is 0 Å². The zero-order valence-electron chi connectivity index (χ0n) is 10.5. The maximum absolute atomic E-state index is 4.03. The summed E-state index contributed by atoms with van der Waals surface area (Å²) in [5.41, 5.74) is 7.95. The fourth-order valence-corrected chi connectivity index (χ4v) is 1.30. The third kappa shape index (κ3) is 5.93. The summed E-state index contributed by atoms with van der Waals surface area (Å²) in [7, 11) is 0. The molecule has 0 unspecified atom stereocenters. The summed E-state index contributed by atoms with van der Waals surface area (Å²) in [6, 6.07) is 0. The Hall–Kier alpha value is -1.26. The summed E-state index contributed by atoms with van der Waals surface area (Å²) in [6.45, 7) is 16.2. The zero-order valence-corrected chi connectivity index (χ0v) is 10.5. The smallest absolute Gasteiger partial charge is 0.00370 e. The quantitative estimate of drug-likeness (QED) is 0.436. The Morgan fingerprint density at radius 3 is 2.13 bits per heavy atom. The van der Waals surface area contributed by atoms with Crippen LogP contribution in [0.15, 0.2) is 53.3 Å². The second kappa shape index (κ2) is 7.09. The Labute approximate surface area is 94.4 Å². The Morgan fingerprint density at radius 2 is 1.73 bits per heavy atom. The van der Waals surface area contributed by atoms with E-state index in [0.717, 1.165) is 18.4 Å². The lowest BCUT2D eigenvalue weighted by atomic mass is 10.0. The fraction of sp³-hybridized carbons (Fsp3) is 0.400. The Morgan fingerprint density at radius 1 is 1.13 bits per heavy atom. The molecular weight excluding hydrogens is 180 g/mol. The Balaban J connectivity index is 4.91.